The monoisotopic (exact) mass is 329 g/mol. The highest BCUT2D eigenvalue weighted by Gasteiger charge is 2.62. The van der Waals surface area contributed by atoms with Crippen LogP contribution < -0.4 is 4.74 Å². The zero-order valence-electron chi connectivity index (χ0n) is 13.7. The summed E-state index contributed by atoms with van der Waals surface area (Å²) in [6.07, 6.45) is 5.33. The normalized spacial score (nSPS) is 26.5. The minimum absolute atomic E-state index is 0.193. The average Bonchev–Trinajstić information content (AvgIpc) is 3.32. The van der Waals surface area contributed by atoms with E-state index in [9.17, 15) is 14.7 Å². The number of likely N-dealkylation sites (tertiary alicyclic amines) is 1. The number of nitrogens with zero attached hydrogens (tertiary/aromatic N) is 1. The summed E-state index contributed by atoms with van der Waals surface area (Å²) in [4.78, 5) is 26.3. The zero-order valence-corrected chi connectivity index (χ0v) is 13.7. The molecule has 1 aromatic rings. The van der Waals surface area contributed by atoms with E-state index in [-0.39, 0.29) is 11.8 Å². The molecule has 1 spiro atoms. The Balaban J connectivity index is 1.41. The van der Waals surface area contributed by atoms with Gasteiger partial charge in [-0.3, -0.25) is 4.79 Å². The molecule has 0 bridgehead atoms. The van der Waals surface area contributed by atoms with Crippen molar-refractivity contribution in [1.82, 2.24) is 4.90 Å². The van der Waals surface area contributed by atoms with Crippen molar-refractivity contribution in [3.63, 3.8) is 0 Å². The van der Waals surface area contributed by atoms with Crippen LogP contribution in [0.3, 0.4) is 0 Å². The summed E-state index contributed by atoms with van der Waals surface area (Å²) in [6, 6.07) is 9.07. The van der Waals surface area contributed by atoms with Gasteiger partial charge in [-0.2, -0.15) is 0 Å². The summed E-state index contributed by atoms with van der Waals surface area (Å²) in [5.74, 6) is 0.0441. The molecule has 1 atom stereocenters. The number of benzene rings is 1. The van der Waals surface area contributed by atoms with E-state index in [0.29, 0.717) is 37.1 Å². The summed E-state index contributed by atoms with van der Waals surface area (Å²) in [5, 5.41) is 9.70. The molecule has 0 aromatic heterocycles. The molecule has 3 aliphatic rings. The highest BCUT2D eigenvalue weighted by molar-refractivity contribution is 5.84. The molecule has 3 fully saturated rings. The lowest BCUT2D eigenvalue weighted by Gasteiger charge is -2.39. The number of carboxylic acids is 1. The van der Waals surface area contributed by atoms with Gasteiger partial charge in [0.1, 0.15) is 5.75 Å². The van der Waals surface area contributed by atoms with E-state index < -0.39 is 11.6 Å². The van der Waals surface area contributed by atoms with Crippen molar-refractivity contribution < 1.29 is 19.4 Å². The Hall–Kier alpha value is -2.04. The minimum Gasteiger partial charge on any atom is -0.478 e. The van der Waals surface area contributed by atoms with Crippen molar-refractivity contribution in [3.05, 3.63) is 30.3 Å². The number of piperidine rings is 1. The van der Waals surface area contributed by atoms with Crippen LogP contribution in [0.5, 0.6) is 5.75 Å². The summed E-state index contributed by atoms with van der Waals surface area (Å²) < 4.78 is 5.84. The molecule has 1 N–H and O–H groups in total. The molecular formula is C19H23NO4. The van der Waals surface area contributed by atoms with Crippen LogP contribution in [-0.2, 0) is 9.59 Å². The molecule has 1 heterocycles. The van der Waals surface area contributed by atoms with E-state index in [4.69, 9.17) is 4.74 Å². The molecule has 5 heteroatoms. The standard InChI is InChI=1S/C19H23NO4/c21-16(15-13-18(15)7-4-8-18)20-11-9-19(10-12-20,17(22)23)24-14-5-2-1-3-6-14/h1-3,5-6,15H,4,7-13H2,(H,22,23)/t15-/m0/s1. The zero-order chi connectivity index (χ0) is 16.8. The summed E-state index contributed by atoms with van der Waals surface area (Å²) in [6.45, 7) is 0.926. The lowest BCUT2D eigenvalue weighted by atomic mass is 9.79. The largest absolute Gasteiger partial charge is 0.478 e. The Labute approximate surface area is 141 Å². The first kappa shape index (κ1) is 15.5. The van der Waals surface area contributed by atoms with Crippen molar-refractivity contribution in [2.24, 2.45) is 11.3 Å². The third kappa shape index (κ3) is 2.46. The number of carboxylic acid groups (broad SMARTS) is 1. The maximum absolute atomic E-state index is 12.6. The number of hydrogen-bond donors (Lipinski definition) is 1. The topological polar surface area (TPSA) is 66.8 Å². The fraction of sp³-hybridized carbons (Fsp3) is 0.579. The van der Waals surface area contributed by atoms with Gasteiger partial charge in [0.15, 0.2) is 0 Å². The van der Waals surface area contributed by atoms with Crippen LogP contribution in [0.2, 0.25) is 0 Å². The lowest BCUT2D eigenvalue weighted by Crippen LogP contribution is -2.54. The van der Waals surface area contributed by atoms with Crippen LogP contribution in [0.15, 0.2) is 30.3 Å². The van der Waals surface area contributed by atoms with E-state index in [2.05, 4.69) is 0 Å². The van der Waals surface area contributed by atoms with Gasteiger partial charge >= 0.3 is 5.97 Å². The van der Waals surface area contributed by atoms with Crippen molar-refractivity contribution in [2.75, 3.05) is 13.1 Å². The van der Waals surface area contributed by atoms with E-state index in [1.54, 1.807) is 12.1 Å². The molecule has 1 aromatic carbocycles. The maximum Gasteiger partial charge on any atom is 0.348 e. The van der Waals surface area contributed by atoms with Gasteiger partial charge in [0.05, 0.1) is 0 Å². The lowest BCUT2D eigenvalue weighted by molar-refractivity contribution is -0.162. The molecule has 4 rings (SSSR count). The fourth-order valence-electron chi connectivity index (χ4n) is 4.26. The summed E-state index contributed by atoms with van der Waals surface area (Å²) >= 11 is 0. The molecule has 0 radical (unpaired) electrons. The number of para-hydroxylation sites is 1. The van der Waals surface area contributed by atoms with Crippen molar-refractivity contribution in [3.8, 4) is 5.75 Å². The second-order valence-corrected chi connectivity index (χ2v) is 7.51. The van der Waals surface area contributed by atoms with Crippen molar-refractivity contribution in [2.45, 2.75) is 44.1 Å². The Morgan fingerprint density at radius 1 is 1.08 bits per heavy atom. The van der Waals surface area contributed by atoms with Gasteiger partial charge in [0.25, 0.3) is 0 Å². The maximum atomic E-state index is 12.6. The van der Waals surface area contributed by atoms with Gasteiger partial charge in [-0.15, -0.1) is 0 Å². The predicted octanol–water partition coefficient (Wildman–Crippen LogP) is 2.70. The minimum atomic E-state index is -1.23. The van der Waals surface area contributed by atoms with Gasteiger partial charge in [0.2, 0.25) is 11.5 Å². The summed E-state index contributed by atoms with van der Waals surface area (Å²) in [5.41, 5.74) is -0.908. The Kier molecular flexibility index (Phi) is 3.55. The molecule has 0 unspecified atom stereocenters. The van der Waals surface area contributed by atoms with Crippen molar-refractivity contribution in [1.29, 1.82) is 0 Å². The second-order valence-electron chi connectivity index (χ2n) is 7.51. The number of hydrogen-bond acceptors (Lipinski definition) is 3. The second kappa shape index (κ2) is 5.50. The molecular weight excluding hydrogens is 306 g/mol. The van der Waals surface area contributed by atoms with Gasteiger partial charge in [-0.25, -0.2) is 4.79 Å². The first-order valence-corrected chi connectivity index (χ1v) is 8.81. The first-order chi connectivity index (χ1) is 11.5. The van der Waals surface area contributed by atoms with E-state index >= 15 is 0 Å². The Morgan fingerprint density at radius 3 is 2.25 bits per heavy atom. The average molecular weight is 329 g/mol. The predicted molar refractivity (Wildman–Crippen MR) is 87.6 cm³/mol. The number of ether oxygens (including phenoxy) is 1. The van der Waals surface area contributed by atoms with E-state index in [1.807, 2.05) is 23.1 Å². The number of carbonyl (C=O) groups is 2. The molecule has 1 saturated heterocycles. The molecule has 128 valence electrons. The quantitative estimate of drug-likeness (QED) is 0.922. The third-order valence-electron chi connectivity index (χ3n) is 6.17. The number of amides is 1. The smallest absolute Gasteiger partial charge is 0.348 e. The molecule has 2 aliphatic carbocycles. The number of carbonyl (C=O) groups excluding carboxylic acids is 1. The van der Waals surface area contributed by atoms with Crippen molar-refractivity contribution >= 4 is 11.9 Å². The van der Waals surface area contributed by atoms with Crippen LogP contribution in [0.1, 0.15) is 38.5 Å². The third-order valence-corrected chi connectivity index (χ3v) is 6.17. The van der Waals surface area contributed by atoms with E-state index in [1.165, 1.54) is 19.3 Å². The highest BCUT2D eigenvalue weighted by atomic mass is 16.5. The molecule has 1 amide bonds. The van der Waals surface area contributed by atoms with Gasteiger partial charge < -0.3 is 14.7 Å². The highest BCUT2D eigenvalue weighted by Crippen LogP contribution is 2.66. The van der Waals surface area contributed by atoms with Crippen LogP contribution in [0.25, 0.3) is 0 Å². The Bertz CT molecular complexity index is 645. The van der Waals surface area contributed by atoms with Crippen LogP contribution in [0, 0.1) is 11.3 Å². The summed E-state index contributed by atoms with van der Waals surface area (Å²) in [7, 11) is 0. The molecule has 1 aliphatic heterocycles. The fourth-order valence-corrected chi connectivity index (χ4v) is 4.26. The number of rotatable bonds is 4. The number of aliphatic carboxylic acids is 1. The molecule has 24 heavy (non-hydrogen) atoms. The molecule has 5 nitrogen and oxygen atoms in total. The van der Waals surface area contributed by atoms with Crippen LogP contribution in [-0.4, -0.2) is 40.6 Å². The first-order valence-electron chi connectivity index (χ1n) is 8.81. The Morgan fingerprint density at radius 2 is 1.75 bits per heavy atom. The SMILES string of the molecule is O=C([C@@H]1CC12CCC2)N1CCC(Oc2ccccc2)(C(=O)O)CC1. The van der Waals surface area contributed by atoms with E-state index in [0.717, 1.165) is 6.42 Å². The van der Waals surface area contributed by atoms with Crippen LogP contribution >= 0.6 is 0 Å². The van der Waals surface area contributed by atoms with Gasteiger partial charge in [-0.05, 0) is 36.8 Å². The molecule has 2 saturated carbocycles. The van der Waals surface area contributed by atoms with Crippen LogP contribution in [0.4, 0.5) is 0 Å². The van der Waals surface area contributed by atoms with Gasteiger partial charge in [-0.1, -0.05) is 24.6 Å². The van der Waals surface area contributed by atoms with Gasteiger partial charge in [0, 0.05) is 31.8 Å².